The predicted molar refractivity (Wildman–Crippen MR) is 85.8 cm³/mol. The molecule has 1 aromatic heterocycles. The molecule has 0 atom stereocenters. The fourth-order valence-corrected chi connectivity index (χ4v) is 3.61. The molecule has 0 unspecified atom stereocenters. The second kappa shape index (κ2) is 8.27. The van der Waals surface area contributed by atoms with Crippen molar-refractivity contribution < 1.29 is 14.3 Å². The van der Waals surface area contributed by atoms with Gasteiger partial charge in [-0.15, -0.1) is 11.3 Å². The number of hydrogen-bond acceptors (Lipinski definition) is 5. The molecule has 5 nitrogen and oxygen atoms in total. The van der Waals surface area contributed by atoms with E-state index in [9.17, 15) is 9.59 Å². The highest BCUT2D eigenvalue weighted by atomic mass is 32.1. The van der Waals surface area contributed by atoms with Gasteiger partial charge in [0.05, 0.1) is 13.2 Å². The Labute approximate surface area is 135 Å². The lowest BCUT2D eigenvalue weighted by molar-refractivity contribution is -0.134. The number of thiazole rings is 1. The fraction of sp³-hybridized carbons (Fsp3) is 0.688. The third-order valence-electron chi connectivity index (χ3n) is 3.98. The Balaban J connectivity index is 2.06. The van der Waals surface area contributed by atoms with E-state index >= 15 is 0 Å². The van der Waals surface area contributed by atoms with Gasteiger partial charge in [0.1, 0.15) is 5.01 Å². The summed E-state index contributed by atoms with van der Waals surface area (Å²) in [4.78, 5) is 30.2. The molecule has 1 aromatic rings. The van der Waals surface area contributed by atoms with Crippen LogP contribution in [-0.4, -0.2) is 34.4 Å². The standard InChI is InChI=1S/C16H24N2O3S/c1-3-15(19)18(12-8-6-5-7-9-12)10-14-17-13(11-22-14)16(20)21-4-2/h11-12H,3-10H2,1-2H3. The molecule has 1 saturated carbocycles. The third kappa shape index (κ3) is 4.29. The number of ether oxygens (including phenoxy) is 1. The lowest BCUT2D eigenvalue weighted by Gasteiger charge is -2.33. The molecule has 0 saturated heterocycles. The summed E-state index contributed by atoms with van der Waals surface area (Å²) in [5.41, 5.74) is 0.342. The topological polar surface area (TPSA) is 59.5 Å². The molecular weight excluding hydrogens is 300 g/mol. The van der Waals surface area contributed by atoms with Crippen LogP contribution in [-0.2, 0) is 16.1 Å². The molecule has 1 heterocycles. The molecule has 0 bridgehead atoms. The molecule has 0 spiro atoms. The van der Waals surface area contributed by atoms with Gasteiger partial charge in [0.2, 0.25) is 5.91 Å². The minimum absolute atomic E-state index is 0.166. The van der Waals surface area contributed by atoms with Crippen molar-refractivity contribution in [3.05, 3.63) is 16.1 Å². The molecule has 1 fully saturated rings. The number of nitrogens with zero attached hydrogens (tertiary/aromatic N) is 2. The Morgan fingerprint density at radius 1 is 1.32 bits per heavy atom. The molecule has 0 radical (unpaired) electrons. The largest absolute Gasteiger partial charge is 0.461 e. The number of carbonyl (C=O) groups is 2. The minimum Gasteiger partial charge on any atom is -0.461 e. The Bertz CT molecular complexity index is 509. The van der Waals surface area contributed by atoms with Crippen LogP contribution in [0.5, 0.6) is 0 Å². The van der Waals surface area contributed by atoms with Gasteiger partial charge in [0.15, 0.2) is 5.69 Å². The first-order chi connectivity index (χ1) is 10.7. The van der Waals surface area contributed by atoms with E-state index in [1.807, 2.05) is 11.8 Å². The highest BCUT2D eigenvalue weighted by Crippen LogP contribution is 2.25. The van der Waals surface area contributed by atoms with Crippen molar-refractivity contribution in [2.24, 2.45) is 0 Å². The fourth-order valence-electron chi connectivity index (χ4n) is 2.84. The van der Waals surface area contributed by atoms with Gasteiger partial charge in [0, 0.05) is 17.8 Å². The van der Waals surface area contributed by atoms with Gasteiger partial charge in [-0.2, -0.15) is 0 Å². The summed E-state index contributed by atoms with van der Waals surface area (Å²) in [7, 11) is 0. The van der Waals surface area contributed by atoms with Crippen LogP contribution in [0.15, 0.2) is 5.38 Å². The van der Waals surface area contributed by atoms with Crippen molar-refractivity contribution >= 4 is 23.2 Å². The first kappa shape index (κ1) is 16.9. The van der Waals surface area contributed by atoms with Crippen LogP contribution in [0.4, 0.5) is 0 Å². The van der Waals surface area contributed by atoms with E-state index in [0.717, 1.165) is 17.8 Å². The monoisotopic (exact) mass is 324 g/mol. The van der Waals surface area contributed by atoms with Gasteiger partial charge in [-0.3, -0.25) is 4.79 Å². The van der Waals surface area contributed by atoms with Crippen molar-refractivity contribution in [3.8, 4) is 0 Å². The van der Waals surface area contributed by atoms with Crippen LogP contribution in [0, 0.1) is 0 Å². The molecular formula is C16H24N2O3S. The number of aromatic nitrogens is 1. The average molecular weight is 324 g/mol. The van der Waals surface area contributed by atoms with E-state index < -0.39 is 5.97 Å². The number of amides is 1. The number of hydrogen-bond donors (Lipinski definition) is 0. The quantitative estimate of drug-likeness (QED) is 0.753. The van der Waals surface area contributed by atoms with E-state index in [-0.39, 0.29) is 5.91 Å². The Kier molecular flexibility index (Phi) is 6.36. The zero-order chi connectivity index (χ0) is 15.9. The Hall–Kier alpha value is -1.43. The highest BCUT2D eigenvalue weighted by molar-refractivity contribution is 7.09. The molecule has 6 heteroatoms. The second-order valence-corrected chi connectivity index (χ2v) is 6.46. The number of esters is 1. The van der Waals surface area contributed by atoms with Crippen molar-refractivity contribution in [3.63, 3.8) is 0 Å². The molecule has 122 valence electrons. The molecule has 0 N–H and O–H groups in total. The summed E-state index contributed by atoms with van der Waals surface area (Å²) in [5, 5.41) is 2.51. The second-order valence-electron chi connectivity index (χ2n) is 5.51. The van der Waals surface area contributed by atoms with Gasteiger partial charge in [-0.1, -0.05) is 26.2 Å². The zero-order valence-corrected chi connectivity index (χ0v) is 14.2. The maximum absolute atomic E-state index is 12.3. The van der Waals surface area contributed by atoms with Gasteiger partial charge >= 0.3 is 5.97 Å². The highest BCUT2D eigenvalue weighted by Gasteiger charge is 2.25. The first-order valence-corrected chi connectivity index (χ1v) is 8.94. The number of carbonyl (C=O) groups excluding carboxylic acids is 2. The molecule has 0 aliphatic heterocycles. The summed E-state index contributed by atoms with van der Waals surface area (Å²) < 4.78 is 4.96. The lowest BCUT2D eigenvalue weighted by Crippen LogP contribution is -2.40. The summed E-state index contributed by atoms with van der Waals surface area (Å²) in [5.74, 6) is -0.226. The molecule has 22 heavy (non-hydrogen) atoms. The Morgan fingerprint density at radius 3 is 2.68 bits per heavy atom. The van der Waals surface area contributed by atoms with E-state index in [4.69, 9.17) is 4.74 Å². The van der Waals surface area contributed by atoms with Crippen LogP contribution >= 0.6 is 11.3 Å². The lowest BCUT2D eigenvalue weighted by atomic mass is 9.94. The van der Waals surface area contributed by atoms with Gasteiger partial charge in [-0.25, -0.2) is 9.78 Å². The summed E-state index contributed by atoms with van der Waals surface area (Å²) in [6.45, 7) is 4.51. The van der Waals surface area contributed by atoms with Gasteiger partial charge < -0.3 is 9.64 Å². The molecule has 1 aliphatic rings. The van der Waals surface area contributed by atoms with E-state index in [0.29, 0.717) is 31.3 Å². The van der Waals surface area contributed by atoms with Crippen LogP contribution in [0.3, 0.4) is 0 Å². The van der Waals surface area contributed by atoms with Crippen molar-refractivity contribution in [2.45, 2.75) is 65.0 Å². The van der Waals surface area contributed by atoms with Crippen LogP contribution in [0.1, 0.15) is 67.9 Å². The smallest absolute Gasteiger partial charge is 0.357 e. The van der Waals surface area contributed by atoms with Crippen LogP contribution < -0.4 is 0 Å². The molecule has 1 amide bonds. The van der Waals surface area contributed by atoms with E-state index in [1.54, 1.807) is 12.3 Å². The van der Waals surface area contributed by atoms with Crippen molar-refractivity contribution in [2.75, 3.05) is 6.61 Å². The molecule has 2 rings (SSSR count). The van der Waals surface area contributed by atoms with Crippen molar-refractivity contribution in [1.29, 1.82) is 0 Å². The molecule has 1 aliphatic carbocycles. The van der Waals surface area contributed by atoms with E-state index in [1.165, 1.54) is 30.6 Å². The maximum Gasteiger partial charge on any atom is 0.357 e. The summed E-state index contributed by atoms with van der Waals surface area (Å²) in [6.07, 6.45) is 6.28. The Morgan fingerprint density at radius 2 is 2.05 bits per heavy atom. The predicted octanol–water partition coefficient (Wildman–Crippen LogP) is 3.39. The van der Waals surface area contributed by atoms with Crippen LogP contribution in [0.25, 0.3) is 0 Å². The van der Waals surface area contributed by atoms with Crippen LogP contribution in [0.2, 0.25) is 0 Å². The average Bonchev–Trinajstić information content (AvgIpc) is 3.02. The zero-order valence-electron chi connectivity index (χ0n) is 13.3. The SMILES string of the molecule is CCOC(=O)c1csc(CN(C(=O)CC)C2CCCCC2)n1. The van der Waals surface area contributed by atoms with E-state index in [2.05, 4.69) is 4.98 Å². The molecule has 0 aromatic carbocycles. The van der Waals surface area contributed by atoms with Gasteiger partial charge in [0.25, 0.3) is 0 Å². The first-order valence-electron chi connectivity index (χ1n) is 8.06. The van der Waals surface area contributed by atoms with Gasteiger partial charge in [-0.05, 0) is 19.8 Å². The third-order valence-corrected chi connectivity index (χ3v) is 4.81. The summed E-state index contributed by atoms with van der Waals surface area (Å²) >= 11 is 1.42. The minimum atomic E-state index is -0.393. The number of rotatable bonds is 6. The maximum atomic E-state index is 12.3. The van der Waals surface area contributed by atoms with Crippen molar-refractivity contribution in [1.82, 2.24) is 9.88 Å². The summed E-state index contributed by atoms with van der Waals surface area (Å²) in [6, 6.07) is 0.316. The normalized spacial score (nSPS) is 15.5.